The molecule has 3 rings (SSSR count). The molecule has 2 aromatic rings. The van der Waals surface area contributed by atoms with Gasteiger partial charge in [0.05, 0.1) is 0 Å². The highest BCUT2D eigenvalue weighted by atomic mass is 32.1. The Balaban J connectivity index is 2.24. The van der Waals surface area contributed by atoms with Crippen molar-refractivity contribution >= 4 is 21.4 Å². The van der Waals surface area contributed by atoms with Gasteiger partial charge in [-0.1, -0.05) is 25.1 Å². The predicted molar refractivity (Wildman–Crippen MR) is 66.6 cm³/mol. The predicted octanol–water partition coefficient (Wildman–Crippen LogP) is 3.50. The summed E-state index contributed by atoms with van der Waals surface area (Å²) >= 11 is 1.97. The van der Waals surface area contributed by atoms with Crippen LogP contribution in [0.15, 0.2) is 24.3 Å². The van der Waals surface area contributed by atoms with E-state index in [1.54, 1.807) is 10.4 Å². The molecule has 1 N–H and O–H groups in total. The third kappa shape index (κ3) is 1.40. The van der Waals surface area contributed by atoms with Gasteiger partial charge in [-0.3, -0.25) is 0 Å². The Morgan fingerprint density at radius 2 is 2.27 bits per heavy atom. The number of hydrogen-bond donors (Lipinski definition) is 1. The summed E-state index contributed by atoms with van der Waals surface area (Å²) < 4.78 is 1.45. The van der Waals surface area contributed by atoms with Crippen LogP contribution in [-0.4, -0.2) is 6.54 Å². The van der Waals surface area contributed by atoms with Gasteiger partial charge in [0.15, 0.2) is 0 Å². The van der Waals surface area contributed by atoms with Gasteiger partial charge in [0.2, 0.25) is 0 Å². The van der Waals surface area contributed by atoms with Gasteiger partial charge in [-0.15, -0.1) is 11.3 Å². The van der Waals surface area contributed by atoms with Gasteiger partial charge in [0, 0.05) is 15.6 Å². The van der Waals surface area contributed by atoms with Gasteiger partial charge in [-0.25, -0.2) is 0 Å². The van der Waals surface area contributed by atoms with E-state index in [2.05, 4.69) is 36.5 Å². The maximum Gasteiger partial charge on any atom is 0.0415 e. The highest BCUT2D eigenvalue weighted by Gasteiger charge is 2.22. The van der Waals surface area contributed by atoms with Crippen molar-refractivity contribution in [3.8, 4) is 0 Å². The Morgan fingerprint density at radius 3 is 3.13 bits per heavy atom. The van der Waals surface area contributed by atoms with Crippen LogP contribution in [0, 0.1) is 0 Å². The van der Waals surface area contributed by atoms with E-state index in [4.69, 9.17) is 0 Å². The van der Waals surface area contributed by atoms with Gasteiger partial charge in [-0.05, 0) is 36.4 Å². The molecule has 0 aliphatic carbocycles. The molecule has 1 aromatic heterocycles. The second-order valence-corrected chi connectivity index (χ2v) is 5.19. The molecule has 0 bridgehead atoms. The molecule has 1 aliphatic heterocycles. The maximum absolute atomic E-state index is 3.60. The van der Waals surface area contributed by atoms with Gasteiger partial charge in [0.1, 0.15) is 0 Å². The van der Waals surface area contributed by atoms with Crippen molar-refractivity contribution in [2.24, 2.45) is 0 Å². The standard InChI is InChI=1S/C13H15NS/c1-2-11-13-10(7-8-14-11)9-5-3-4-6-12(9)15-13/h3-6,11,14H,2,7-8H2,1H3. The lowest BCUT2D eigenvalue weighted by atomic mass is 9.99. The van der Waals surface area contributed by atoms with Crippen molar-refractivity contribution in [1.29, 1.82) is 0 Å². The van der Waals surface area contributed by atoms with Gasteiger partial charge < -0.3 is 5.32 Å². The summed E-state index contributed by atoms with van der Waals surface area (Å²) in [6.07, 6.45) is 2.38. The molecule has 0 fully saturated rings. The molecule has 0 radical (unpaired) electrons. The SMILES string of the molecule is CCC1NCCc2c1sc1ccccc21. The van der Waals surface area contributed by atoms with Crippen molar-refractivity contribution in [3.05, 3.63) is 34.7 Å². The quantitative estimate of drug-likeness (QED) is 0.771. The molecule has 0 amide bonds. The lowest BCUT2D eigenvalue weighted by Crippen LogP contribution is -2.27. The average molecular weight is 217 g/mol. The topological polar surface area (TPSA) is 12.0 Å². The molecule has 78 valence electrons. The fraction of sp³-hybridized carbons (Fsp3) is 0.385. The van der Waals surface area contributed by atoms with Crippen LogP contribution < -0.4 is 5.32 Å². The van der Waals surface area contributed by atoms with Gasteiger partial charge in [-0.2, -0.15) is 0 Å². The smallest absolute Gasteiger partial charge is 0.0415 e. The Hall–Kier alpha value is -0.860. The Labute approximate surface area is 94.1 Å². The molecule has 1 unspecified atom stereocenters. The third-order valence-corrected chi connectivity index (χ3v) is 4.55. The van der Waals surface area contributed by atoms with Crippen molar-refractivity contribution in [1.82, 2.24) is 5.32 Å². The van der Waals surface area contributed by atoms with E-state index in [1.807, 2.05) is 11.3 Å². The average Bonchev–Trinajstić information content (AvgIpc) is 2.67. The molecule has 0 saturated carbocycles. The second-order valence-electron chi connectivity index (χ2n) is 4.11. The van der Waals surface area contributed by atoms with Crippen LogP contribution in [0.1, 0.15) is 29.8 Å². The third-order valence-electron chi connectivity index (χ3n) is 3.22. The largest absolute Gasteiger partial charge is 0.309 e. The minimum Gasteiger partial charge on any atom is -0.309 e. The molecule has 1 nitrogen and oxygen atoms in total. The summed E-state index contributed by atoms with van der Waals surface area (Å²) in [5, 5.41) is 5.08. The lowest BCUT2D eigenvalue weighted by molar-refractivity contribution is 0.503. The summed E-state index contributed by atoms with van der Waals surface area (Å²) in [6.45, 7) is 3.39. The summed E-state index contributed by atoms with van der Waals surface area (Å²) in [5.74, 6) is 0. The first-order chi connectivity index (χ1) is 7.40. The second kappa shape index (κ2) is 3.62. The zero-order chi connectivity index (χ0) is 10.3. The van der Waals surface area contributed by atoms with E-state index in [-0.39, 0.29) is 0 Å². The fourth-order valence-electron chi connectivity index (χ4n) is 2.45. The van der Waals surface area contributed by atoms with Crippen LogP contribution >= 0.6 is 11.3 Å². The first-order valence-corrected chi connectivity index (χ1v) is 6.45. The zero-order valence-corrected chi connectivity index (χ0v) is 9.73. The number of thiophene rings is 1. The zero-order valence-electron chi connectivity index (χ0n) is 8.92. The van der Waals surface area contributed by atoms with E-state index in [9.17, 15) is 0 Å². The van der Waals surface area contributed by atoms with Crippen molar-refractivity contribution in [3.63, 3.8) is 0 Å². The Bertz CT molecular complexity index is 486. The molecular formula is C13H15NS. The first-order valence-electron chi connectivity index (χ1n) is 5.64. The first kappa shape index (κ1) is 9.37. The molecule has 2 heteroatoms. The number of rotatable bonds is 1. The molecule has 0 spiro atoms. The van der Waals surface area contributed by atoms with Crippen molar-refractivity contribution in [2.45, 2.75) is 25.8 Å². The number of fused-ring (bicyclic) bond motifs is 3. The highest BCUT2D eigenvalue weighted by molar-refractivity contribution is 7.19. The van der Waals surface area contributed by atoms with E-state index in [1.165, 1.54) is 22.9 Å². The van der Waals surface area contributed by atoms with Crippen LogP contribution in [0.2, 0.25) is 0 Å². The summed E-state index contributed by atoms with van der Waals surface area (Å²) in [5.41, 5.74) is 1.60. The van der Waals surface area contributed by atoms with Crippen LogP contribution in [0.25, 0.3) is 10.1 Å². The lowest BCUT2D eigenvalue weighted by Gasteiger charge is -2.22. The van der Waals surface area contributed by atoms with Crippen LogP contribution in [0.5, 0.6) is 0 Å². The van der Waals surface area contributed by atoms with Crippen molar-refractivity contribution in [2.75, 3.05) is 6.54 Å². The fourth-order valence-corrected chi connectivity index (χ4v) is 3.86. The molecule has 1 atom stereocenters. The summed E-state index contributed by atoms with van der Waals surface area (Å²) in [6, 6.07) is 9.39. The van der Waals surface area contributed by atoms with Crippen molar-refractivity contribution < 1.29 is 0 Å². The van der Waals surface area contributed by atoms with Crippen LogP contribution in [-0.2, 0) is 6.42 Å². The van der Waals surface area contributed by atoms with E-state index < -0.39 is 0 Å². The summed E-state index contributed by atoms with van der Waals surface area (Å²) in [7, 11) is 0. The van der Waals surface area contributed by atoms with E-state index in [0.717, 1.165) is 6.54 Å². The van der Waals surface area contributed by atoms with Crippen LogP contribution in [0.3, 0.4) is 0 Å². The molecule has 15 heavy (non-hydrogen) atoms. The van der Waals surface area contributed by atoms with Gasteiger partial charge in [0.25, 0.3) is 0 Å². The normalized spacial score (nSPS) is 20.5. The van der Waals surface area contributed by atoms with Gasteiger partial charge >= 0.3 is 0 Å². The maximum atomic E-state index is 3.60. The number of benzene rings is 1. The monoisotopic (exact) mass is 217 g/mol. The number of nitrogens with one attached hydrogen (secondary N) is 1. The Kier molecular flexibility index (Phi) is 2.26. The molecule has 1 aliphatic rings. The minimum absolute atomic E-state index is 0.589. The molecular weight excluding hydrogens is 202 g/mol. The minimum atomic E-state index is 0.589. The molecule has 2 heterocycles. The molecule has 0 saturated heterocycles. The molecule has 1 aromatic carbocycles. The summed E-state index contributed by atoms with van der Waals surface area (Å²) in [4.78, 5) is 1.57. The Morgan fingerprint density at radius 1 is 1.40 bits per heavy atom. The number of hydrogen-bond acceptors (Lipinski definition) is 2. The van der Waals surface area contributed by atoms with Crippen LogP contribution in [0.4, 0.5) is 0 Å². The van der Waals surface area contributed by atoms with E-state index in [0.29, 0.717) is 6.04 Å². The highest BCUT2D eigenvalue weighted by Crippen LogP contribution is 2.38. The van der Waals surface area contributed by atoms with E-state index >= 15 is 0 Å².